The van der Waals surface area contributed by atoms with Gasteiger partial charge in [-0.15, -0.1) is 0 Å². The molecular formula is C14H20F3NOS. The van der Waals surface area contributed by atoms with E-state index in [0.29, 0.717) is 5.25 Å². The molecule has 0 bridgehead atoms. The number of hydrogen-bond donors (Lipinski definition) is 1. The van der Waals surface area contributed by atoms with Gasteiger partial charge in [0.15, 0.2) is 6.61 Å². The minimum atomic E-state index is -4.31. The fourth-order valence-electron chi connectivity index (χ4n) is 1.41. The van der Waals surface area contributed by atoms with Crippen molar-refractivity contribution in [2.24, 2.45) is 0 Å². The molecule has 0 fully saturated rings. The van der Waals surface area contributed by atoms with Gasteiger partial charge in [-0.05, 0) is 31.0 Å². The molecule has 0 saturated heterocycles. The van der Waals surface area contributed by atoms with Crippen molar-refractivity contribution < 1.29 is 17.9 Å². The van der Waals surface area contributed by atoms with Crippen molar-refractivity contribution in [3.63, 3.8) is 0 Å². The molecule has 114 valence electrons. The molecule has 0 aliphatic heterocycles. The molecule has 2 atom stereocenters. The van der Waals surface area contributed by atoms with Crippen molar-refractivity contribution >= 4 is 11.9 Å². The Balaban J connectivity index is 2.58. The first-order valence-corrected chi connectivity index (χ1v) is 7.40. The van der Waals surface area contributed by atoms with Crippen LogP contribution in [0.4, 0.5) is 13.2 Å². The van der Waals surface area contributed by atoms with E-state index >= 15 is 0 Å². The molecule has 1 N–H and O–H groups in total. The monoisotopic (exact) mass is 307 g/mol. The average molecular weight is 307 g/mol. The van der Waals surface area contributed by atoms with Gasteiger partial charge in [0.1, 0.15) is 5.75 Å². The third-order valence-corrected chi connectivity index (χ3v) is 4.01. The number of nitrogens with one attached hydrogen (secondary N) is 1. The Morgan fingerprint density at radius 1 is 1.30 bits per heavy atom. The lowest BCUT2D eigenvalue weighted by Gasteiger charge is -2.17. The van der Waals surface area contributed by atoms with Crippen LogP contribution in [0.5, 0.6) is 5.75 Å². The lowest BCUT2D eigenvalue weighted by atomic mass is 10.1. The maximum atomic E-state index is 12.1. The molecule has 20 heavy (non-hydrogen) atoms. The Kier molecular flexibility index (Phi) is 6.68. The van der Waals surface area contributed by atoms with E-state index in [1.54, 1.807) is 24.1 Å². The van der Waals surface area contributed by atoms with Crippen molar-refractivity contribution in [3.05, 3.63) is 29.8 Å². The summed E-state index contributed by atoms with van der Waals surface area (Å²) in [6.07, 6.45) is -3.26. The van der Waals surface area contributed by atoms with Gasteiger partial charge in [0, 0.05) is 11.3 Å². The van der Waals surface area contributed by atoms with Gasteiger partial charge in [-0.25, -0.2) is 0 Å². The molecule has 0 amide bonds. The Labute approximate surface area is 122 Å². The molecule has 2 unspecified atom stereocenters. The summed E-state index contributed by atoms with van der Waals surface area (Å²) in [6.45, 7) is 4.93. The fraction of sp³-hybridized carbons (Fsp3) is 0.571. The molecule has 0 aromatic heterocycles. The summed E-state index contributed by atoms with van der Waals surface area (Å²) in [6, 6.07) is 6.79. The van der Waals surface area contributed by atoms with Gasteiger partial charge in [-0.1, -0.05) is 37.9 Å². The Morgan fingerprint density at radius 3 is 2.60 bits per heavy atom. The highest BCUT2D eigenvalue weighted by Crippen LogP contribution is 2.24. The summed E-state index contributed by atoms with van der Waals surface area (Å²) < 4.78 is 44.4. The van der Waals surface area contributed by atoms with Crippen LogP contribution >= 0.6 is 11.9 Å². The molecule has 6 heteroatoms. The first kappa shape index (κ1) is 17.2. The zero-order chi connectivity index (χ0) is 15.2. The molecule has 0 saturated carbocycles. The topological polar surface area (TPSA) is 21.3 Å². The van der Waals surface area contributed by atoms with E-state index in [9.17, 15) is 13.2 Å². The second kappa shape index (κ2) is 7.78. The summed E-state index contributed by atoms with van der Waals surface area (Å²) in [5, 5.41) is 0.488. The van der Waals surface area contributed by atoms with Crippen LogP contribution in [0.25, 0.3) is 0 Å². The number of halogens is 3. The van der Waals surface area contributed by atoms with Gasteiger partial charge >= 0.3 is 6.18 Å². The largest absolute Gasteiger partial charge is 0.484 e. The maximum Gasteiger partial charge on any atom is 0.422 e. The summed E-state index contributed by atoms with van der Waals surface area (Å²) in [5.74, 6) is 0.238. The second-order valence-corrected chi connectivity index (χ2v) is 5.93. The molecular weight excluding hydrogens is 287 g/mol. The standard InChI is InChI=1S/C14H20F3NOS/c1-4-10(2)20-18-11(3)12-6-5-7-13(8-12)19-9-14(15,16)17/h5-8,10-11,18H,4,9H2,1-3H3. The van der Waals surface area contributed by atoms with Crippen LogP contribution < -0.4 is 9.46 Å². The van der Waals surface area contributed by atoms with Crippen LogP contribution in [0, 0.1) is 0 Å². The van der Waals surface area contributed by atoms with Crippen LogP contribution in [-0.2, 0) is 0 Å². The smallest absolute Gasteiger partial charge is 0.422 e. The van der Waals surface area contributed by atoms with Crippen LogP contribution in [-0.4, -0.2) is 18.0 Å². The highest BCUT2D eigenvalue weighted by molar-refractivity contribution is 7.98. The first-order chi connectivity index (χ1) is 9.31. The predicted molar refractivity (Wildman–Crippen MR) is 76.9 cm³/mol. The first-order valence-electron chi connectivity index (χ1n) is 6.52. The van der Waals surface area contributed by atoms with Crippen molar-refractivity contribution in [1.29, 1.82) is 0 Å². The van der Waals surface area contributed by atoms with Gasteiger partial charge < -0.3 is 4.74 Å². The number of alkyl halides is 3. The number of benzene rings is 1. The van der Waals surface area contributed by atoms with Crippen LogP contribution in [0.3, 0.4) is 0 Å². The van der Waals surface area contributed by atoms with Crippen LogP contribution in [0.1, 0.15) is 38.8 Å². The number of ether oxygens (including phenoxy) is 1. The highest BCUT2D eigenvalue weighted by Gasteiger charge is 2.28. The molecule has 1 rings (SSSR count). The summed E-state index contributed by atoms with van der Waals surface area (Å²) in [4.78, 5) is 0. The molecule has 1 aromatic rings. The second-order valence-electron chi connectivity index (χ2n) is 4.65. The van der Waals surface area contributed by atoms with Gasteiger partial charge in [0.25, 0.3) is 0 Å². The third-order valence-electron chi connectivity index (χ3n) is 2.78. The lowest BCUT2D eigenvalue weighted by molar-refractivity contribution is -0.153. The minimum absolute atomic E-state index is 0.0448. The summed E-state index contributed by atoms with van der Waals surface area (Å²) in [7, 11) is 0. The third kappa shape index (κ3) is 6.52. The molecule has 0 radical (unpaired) electrons. The van der Waals surface area contributed by atoms with Gasteiger partial charge in [0.05, 0.1) is 0 Å². The quantitative estimate of drug-likeness (QED) is 0.736. The van der Waals surface area contributed by atoms with E-state index in [1.165, 1.54) is 6.07 Å². The lowest BCUT2D eigenvalue weighted by Crippen LogP contribution is -2.19. The molecule has 1 aromatic carbocycles. The number of rotatable bonds is 7. The molecule has 0 aliphatic rings. The maximum absolute atomic E-state index is 12.1. The Morgan fingerprint density at radius 2 is 2.00 bits per heavy atom. The van der Waals surface area contributed by atoms with Crippen molar-refractivity contribution in [3.8, 4) is 5.75 Å². The van der Waals surface area contributed by atoms with E-state index in [-0.39, 0.29) is 11.8 Å². The molecule has 0 aliphatic carbocycles. The zero-order valence-electron chi connectivity index (χ0n) is 11.8. The van der Waals surface area contributed by atoms with Crippen molar-refractivity contribution in [2.75, 3.05) is 6.61 Å². The zero-order valence-corrected chi connectivity index (χ0v) is 12.6. The summed E-state index contributed by atoms with van der Waals surface area (Å²) in [5.41, 5.74) is 0.903. The Bertz CT molecular complexity index is 412. The van der Waals surface area contributed by atoms with Crippen molar-refractivity contribution in [1.82, 2.24) is 4.72 Å². The SMILES string of the molecule is CCC(C)SNC(C)c1cccc(OCC(F)(F)F)c1. The summed E-state index contributed by atoms with van der Waals surface area (Å²) >= 11 is 1.63. The van der Waals surface area contributed by atoms with Crippen molar-refractivity contribution in [2.45, 2.75) is 44.7 Å². The minimum Gasteiger partial charge on any atom is -0.484 e. The Hall–Kier alpha value is -0.880. The van der Waals surface area contributed by atoms with E-state index in [4.69, 9.17) is 4.74 Å². The highest BCUT2D eigenvalue weighted by atomic mass is 32.2. The van der Waals surface area contributed by atoms with E-state index in [1.807, 2.05) is 13.0 Å². The van der Waals surface area contributed by atoms with E-state index in [2.05, 4.69) is 18.6 Å². The molecule has 0 spiro atoms. The average Bonchev–Trinajstić information content (AvgIpc) is 2.41. The number of hydrogen-bond acceptors (Lipinski definition) is 3. The normalized spacial score (nSPS) is 14.9. The predicted octanol–water partition coefficient (Wildman–Crippen LogP) is 4.73. The van der Waals surface area contributed by atoms with E-state index < -0.39 is 12.8 Å². The molecule has 0 heterocycles. The molecule has 2 nitrogen and oxygen atoms in total. The van der Waals surface area contributed by atoms with Gasteiger partial charge in [-0.2, -0.15) is 13.2 Å². The van der Waals surface area contributed by atoms with E-state index in [0.717, 1.165) is 12.0 Å². The van der Waals surface area contributed by atoms with Gasteiger partial charge in [0.2, 0.25) is 0 Å². The van der Waals surface area contributed by atoms with Crippen LogP contribution in [0.2, 0.25) is 0 Å². The van der Waals surface area contributed by atoms with Gasteiger partial charge in [-0.3, -0.25) is 4.72 Å². The van der Waals surface area contributed by atoms with Crippen LogP contribution in [0.15, 0.2) is 24.3 Å². The fourth-order valence-corrected chi connectivity index (χ4v) is 2.15.